The molecule has 0 unspecified atom stereocenters. The molecule has 1 amide bonds. The highest BCUT2D eigenvalue weighted by Gasteiger charge is 2.36. The van der Waals surface area contributed by atoms with Gasteiger partial charge in [0.2, 0.25) is 0 Å². The van der Waals surface area contributed by atoms with Gasteiger partial charge in [0, 0.05) is 32.7 Å². The molecular formula is C24H17BrCl2N2O2S. The normalized spacial score (nSPS) is 15.1. The van der Waals surface area contributed by atoms with Gasteiger partial charge in [0.1, 0.15) is 18.1 Å². The van der Waals surface area contributed by atoms with E-state index in [1.807, 2.05) is 54.6 Å². The first-order valence-corrected chi connectivity index (χ1v) is 11.6. The fourth-order valence-electron chi connectivity index (χ4n) is 3.27. The van der Waals surface area contributed by atoms with Gasteiger partial charge in [0.25, 0.3) is 5.91 Å². The molecule has 1 saturated heterocycles. The van der Waals surface area contributed by atoms with E-state index in [9.17, 15) is 4.79 Å². The Morgan fingerprint density at radius 1 is 1.06 bits per heavy atom. The monoisotopic (exact) mass is 546 g/mol. The molecule has 3 aromatic rings. The average molecular weight is 548 g/mol. The number of likely N-dealkylation sites (N-methyl/N-ethyl adjacent to an activating group) is 1. The molecule has 1 fully saturated rings. The van der Waals surface area contributed by atoms with Gasteiger partial charge in [0.15, 0.2) is 5.11 Å². The molecule has 1 aliphatic rings. The summed E-state index contributed by atoms with van der Waals surface area (Å²) in [7, 11) is 1.78. The first-order chi connectivity index (χ1) is 15.3. The number of nitrogens with zero attached hydrogens (tertiary/aromatic N) is 2. The Morgan fingerprint density at radius 3 is 2.53 bits per heavy atom. The summed E-state index contributed by atoms with van der Waals surface area (Å²) >= 11 is 21.3. The van der Waals surface area contributed by atoms with Crippen LogP contribution in [0, 0.1) is 0 Å². The van der Waals surface area contributed by atoms with E-state index in [-0.39, 0.29) is 12.5 Å². The van der Waals surface area contributed by atoms with E-state index in [0.717, 1.165) is 21.3 Å². The maximum Gasteiger partial charge on any atom is 0.281 e. The Kier molecular flexibility index (Phi) is 6.86. The van der Waals surface area contributed by atoms with Crippen LogP contribution in [0.25, 0.3) is 6.08 Å². The van der Waals surface area contributed by atoms with Crippen molar-refractivity contribution in [2.24, 2.45) is 0 Å². The minimum Gasteiger partial charge on any atom is -0.488 e. The van der Waals surface area contributed by atoms with Crippen molar-refractivity contribution in [2.45, 2.75) is 6.61 Å². The first kappa shape index (κ1) is 22.8. The van der Waals surface area contributed by atoms with Crippen molar-refractivity contribution in [3.8, 4) is 5.75 Å². The lowest BCUT2D eigenvalue weighted by Gasteiger charge is -2.16. The van der Waals surface area contributed by atoms with Crippen molar-refractivity contribution < 1.29 is 9.53 Å². The fraction of sp³-hybridized carbons (Fsp3) is 0.0833. The Morgan fingerprint density at radius 2 is 1.81 bits per heavy atom. The van der Waals surface area contributed by atoms with Gasteiger partial charge in [-0.3, -0.25) is 9.69 Å². The number of halogens is 3. The van der Waals surface area contributed by atoms with E-state index in [1.54, 1.807) is 30.2 Å². The predicted octanol–water partition coefficient (Wildman–Crippen LogP) is 6.94. The summed E-state index contributed by atoms with van der Waals surface area (Å²) in [6.45, 7) is 0.256. The Bertz CT molecular complexity index is 1230. The number of carbonyl (C=O) groups excluding carboxylic acids is 1. The van der Waals surface area contributed by atoms with Crippen molar-refractivity contribution in [2.75, 3.05) is 11.9 Å². The maximum atomic E-state index is 13.2. The van der Waals surface area contributed by atoms with Crippen LogP contribution in [-0.4, -0.2) is 23.0 Å². The van der Waals surface area contributed by atoms with E-state index < -0.39 is 0 Å². The lowest BCUT2D eigenvalue weighted by Crippen LogP contribution is -2.30. The number of hydrogen-bond acceptors (Lipinski definition) is 3. The highest BCUT2D eigenvalue weighted by Crippen LogP contribution is 2.32. The minimum atomic E-state index is -0.199. The number of rotatable bonds is 5. The van der Waals surface area contributed by atoms with E-state index in [0.29, 0.717) is 26.6 Å². The second kappa shape index (κ2) is 9.63. The Balaban J connectivity index is 1.65. The van der Waals surface area contributed by atoms with Crippen LogP contribution in [-0.2, 0) is 11.4 Å². The lowest BCUT2D eigenvalue weighted by atomic mass is 10.1. The predicted molar refractivity (Wildman–Crippen MR) is 137 cm³/mol. The molecule has 4 rings (SSSR count). The summed E-state index contributed by atoms with van der Waals surface area (Å²) in [6.07, 6.45) is 1.78. The molecule has 1 heterocycles. The molecule has 0 N–H and O–H groups in total. The molecule has 0 bridgehead atoms. The number of para-hydroxylation sites is 1. The third-order valence-corrected chi connectivity index (χ3v) is 6.48. The molecule has 0 radical (unpaired) electrons. The van der Waals surface area contributed by atoms with Crippen LogP contribution in [0.3, 0.4) is 0 Å². The molecule has 162 valence electrons. The summed E-state index contributed by atoms with van der Waals surface area (Å²) in [4.78, 5) is 16.5. The van der Waals surface area contributed by atoms with Gasteiger partial charge in [0.05, 0.1) is 5.69 Å². The topological polar surface area (TPSA) is 32.8 Å². The second-order valence-electron chi connectivity index (χ2n) is 7.05. The standard InChI is InChI=1S/C24H17BrCl2N2O2S/c1-28-21(23(30)29(24(28)32)19-5-3-2-4-6-19)12-16-11-17(25)8-10-22(16)31-14-15-7-9-18(26)13-20(15)27/h2-13H,14H2,1H3/b21-12-. The Hall–Kier alpha value is -2.38. The second-order valence-corrected chi connectivity index (χ2v) is 9.18. The van der Waals surface area contributed by atoms with Gasteiger partial charge < -0.3 is 9.64 Å². The molecule has 4 nitrogen and oxygen atoms in total. The molecule has 8 heteroatoms. The minimum absolute atomic E-state index is 0.199. The first-order valence-electron chi connectivity index (χ1n) is 9.60. The molecule has 0 saturated carbocycles. The zero-order valence-corrected chi connectivity index (χ0v) is 20.8. The molecule has 0 atom stereocenters. The number of anilines is 1. The van der Waals surface area contributed by atoms with Crippen molar-refractivity contribution in [3.05, 3.63) is 98.1 Å². The highest BCUT2D eigenvalue weighted by molar-refractivity contribution is 9.10. The summed E-state index contributed by atoms with van der Waals surface area (Å²) in [5.74, 6) is 0.410. The molecule has 0 aliphatic carbocycles. The van der Waals surface area contributed by atoms with E-state index in [1.165, 1.54) is 4.90 Å². The molecular weight excluding hydrogens is 531 g/mol. The van der Waals surface area contributed by atoms with Crippen molar-refractivity contribution >= 4 is 74.1 Å². The van der Waals surface area contributed by atoms with Crippen LogP contribution in [0.1, 0.15) is 11.1 Å². The lowest BCUT2D eigenvalue weighted by molar-refractivity contribution is -0.114. The van der Waals surface area contributed by atoms with E-state index in [4.69, 9.17) is 40.2 Å². The third-order valence-electron chi connectivity index (χ3n) is 4.94. The number of amides is 1. The van der Waals surface area contributed by atoms with Gasteiger partial charge in [-0.05, 0) is 60.8 Å². The van der Waals surface area contributed by atoms with Crippen LogP contribution >= 0.6 is 51.3 Å². The van der Waals surface area contributed by atoms with Crippen LogP contribution in [0.2, 0.25) is 10.0 Å². The zero-order chi connectivity index (χ0) is 22.8. The third kappa shape index (κ3) is 4.69. The fourth-order valence-corrected chi connectivity index (χ4v) is 4.39. The summed E-state index contributed by atoms with van der Waals surface area (Å²) < 4.78 is 6.91. The molecule has 1 aliphatic heterocycles. The van der Waals surface area contributed by atoms with E-state index >= 15 is 0 Å². The van der Waals surface area contributed by atoms with Crippen molar-refractivity contribution in [1.29, 1.82) is 0 Å². The number of ether oxygens (including phenoxy) is 1. The summed E-state index contributed by atoms with van der Waals surface area (Å²) in [6, 6.07) is 20.2. The number of benzene rings is 3. The quantitative estimate of drug-likeness (QED) is 0.256. The SMILES string of the molecule is CN1C(=S)N(c2ccccc2)C(=O)/C1=C/c1cc(Br)ccc1OCc1ccc(Cl)cc1Cl. The zero-order valence-electron chi connectivity index (χ0n) is 16.9. The van der Waals surface area contributed by atoms with Crippen LogP contribution < -0.4 is 9.64 Å². The smallest absolute Gasteiger partial charge is 0.281 e. The summed E-state index contributed by atoms with van der Waals surface area (Å²) in [5.41, 5.74) is 2.72. The van der Waals surface area contributed by atoms with Gasteiger partial charge in [-0.15, -0.1) is 0 Å². The number of hydrogen-bond donors (Lipinski definition) is 0. The largest absolute Gasteiger partial charge is 0.488 e. The molecule has 0 aromatic heterocycles. The van der Waals surface area contributed by atoms with Gasteiger partial charge in [-0.25, -0.2) is 0 Å². The maximum absolute atomic E-state index is 13.2. The Labute approximate surface area is 210 Å². The van der Waals surface area contributed by atoms with Crippen LogP contribution in [0.5, 0.6) is 5.75 Å². The molecule has 3 aromatic carbocycles. The van der Waals surface area contributed by atoms with Crippen LogP contribution in [0.15, 0.2) is 76.9 Å². The van der Waals surface area contributed by atoms with E-state index in [2.05, 4.69) is 15.9 Å². The molecule has 0 spiro atoms. The van der Waals surface area contributed by atoms with Crippen LogP contribution in [0.4, 0.5) is 5.69 Å². The number of thiocarbonyl (C=S) groups is 1. The summed E-state index contributed by atoms with van der Waals surface area (Å²) in [5, 5.41) is 1.51. The number of carbonyl (C=O) groups is 1. The average Bonchev–Trinajstić information content (AvgIpc) is 2.98. The van der Waals surface area contributed by atoms with Gasteiger partial charge in [-0.2, -0.15) is 0 Å². The van der Waals surface area contributed by atoms with Gasteiger partial charge in [-0.1, -0.05) is 63.4 Å². The highest BCUT2D eigenvalue weighted by atomic mass is 79.9. The molecule has 32 heavy (non-hydrogen) atoms. The van der Waals surface area contributed by atoms with Crippen molar-refractivity contribution in [1.82, 2.24) is 4.90 Å². The van der Waals surface area contributed by atoms with Crippen molar-refractivity contribution in [3.63, 3.8) is 0 Å². The van der Waals surface area contributed by atoms with Gasteiger partial charge >= 0.3 is 0 Å².